The van der Waals surface area contributed by atoms with E-state index in [4.69, 9.17) is 0 Å². The van der Waals surface area contributed by atoms with Crippen LogP contribution in [-0.2, 0) is 7.05 Å². The molecule has 110 valence electrons. The van der Waals surface area contributed by atoms with Gasteiger partial charge < -0.3 is 4.57 Å². The van der Waals surface area contributed by atoms with Crippen molar-refractivity contribution in [1.82, 2.24) is 9.99 Å². The van der Waals surface area contributed by atoms with Crippen molar-refractivity contribution in [3.8, 4) is 0 Å². The summed E-state index contributed by atoms with van der Waals surface area (Å²) in [4.78, 5) is 12.4. The summed E-state index contributed by atoms with van der Waals surface area (Å²) in [5.41, 5.74) is 6.05. The molecule has 0 radical (unpaired) electrons. The molecule has 1 aromatic heterocycles. The highest BCUT2D eigenvalue weighted by atomic mass is 16.2. The molecule has 3 rings (SSSR count). The van der Waals surface area contributed by atoms with Crippen molar-refractivity contribution in [2.75, 3.05) is 0 Å². The third-order valence-corrected chi connectivity index (χ3v) is 3.66. The minimum absolute atomic E-state index is 0.202. The van der Waals surface area contributed by atoms with Crippen LogP contribution in [0.4, 0.5) is 0 Å². The number of carbonyl (C=O) groups is 1. The second-order valence-electron chi connectivity index (χ2n) is 5.17. The molecule has 0 atom stereocenters. The largest absolute Gasteiger partial charge is 0.350 e. The number of amides is 1. The summed E-state index contributed by atoms with van der Waals surface area (Å²) in [5, 5.41) is 5.12. The molecule has 1 heterocycles. The summed E-state index contributed by atoms with van der Waals surface area (Å²) in [5.74, 6) is -0.202. The van der Waals surface area contributed by atoms with Crippen LogP contribution in [0.5, 0.6) is 0 Å². The van der Waals surface area contributed by atoms with Gasteiger partial charge in [0.2, 0.25) is 0 Å². The molecule has 1 amide bonds. The average Bonchev–Trinajstić information content (AvgIpc) is 2.91. The minimum atomic E-state index is -0.202. The van der Waals surface area contributed by atoms with Crippen LogP contribution in [0, 0.1) is 0 Å². The Bertz CT molecular complexity index is 847. The first-order valence-electron chi connectivity index (χ1n) is 7.11. The Labute approximate surface area is 129 Å². The van der Waals surface area contributed by atoms with Crippen molar-refractivity contribution >= 4 is 22.5 Å². The molecule has 4 nitrogen and oxygen atoms in total. The Morgan fingerprint density at radius 3 is 2.50 bits per heavy atom. The zero-order chi connectivity index (χ0) is 15.5. The molecule has 0 fully saturated rings. The number of nitrogens with one attached hydrogen (secondary N) is 1. The van der Waals surface area contributed by atoms with Crippen LogP contribution in [0.2, 0.25) is 0 Å². The van der Waals surface area contributed by atoms with Crippen LogP contribution in [0.15, 0.2) is 65.9 Å². The van der Waals surface area contributed by atoms with Crippen LogP contribution in [0.25, 0.3) is 10.9 Å². The molecule has 0 bridgehead atoms. The second kappa shape index (κ2) is 5.85. The van der Waals surface area contributed by atoms with Crippen molar-refractivity contribution < 1.29 is 4.79 Å². The van der Waals surface area contributed by atoms with Crippen molar-refractivity contribution in [3.63, 3.8) is 0 Å². The predicted molar refractivity (Wildman–Crippen MR) is 89.0 cm³/mol. The Morgan fingerprint density at radius 2 is 1.73 bits per heavy atom. The normalized spacial score (nSPS) is 11.6. The van der Waals surface area contributed by atoms with Crippen molar-refractivity contribution in [2.24, 2.45) is 12.1 Å². The van der Waals surface area contributed by atoms with E-state index in [1.165, 1.54) is 0 Å². The molecular weight excluding hydrogens is 274 g/mol. The molecule has 3 aromatic rings. The van der Waals surface area contributed by atoms with Crippen LogP contribution in [0.3, 0.4) is 0 Å². The zero-order valence-electron chi connectivity index (χ0n) is 12.6. The molecular formula is C18H17N3O. The third kappa shape index (κ3) is 2.63. The number of benzene rings is 2. The van der Waals surface area contributed by atoms with Crippen molar-refractivity contribution in [2.45, 2.75) is 6.92 Å². The molecule has 0 aliphatic carbocycles. The molecule has 22 heavy (non-hydrogen) atoms. The first-order valence-corrected chi connectivity index (χ1v) is 7.11. The van der Waals surface area contributed by atoms with Gasteiger partial charge in [-0.1, -0.05) is 48.5 Å². The highest BCUT2D eigenvalue weighted by Gasteiger charge is 2.13. The number of hydrogen-bond donors (Lipinski definition) is 1. The fourth-order valence-electron chi connectivity index (χ4n) is 2.46. The molecule has 2 aromatic carbocycles. The lowest BCUT2D eigenvalue weighted by Gasteiger charge is -2.02. The van der Waals surface area contributed by atoms with E-state index < -0.39 is 0 Å². The van der Waals surface area contributed by atoms with Gasteiger partial charge in [-0.05, 0) is 18.6 Å². The third-order valence-electron chi connectivity index (χ3n) is 3.66. The highest BCUT2D eigenvalue weighted by Crippen LogP contribution is 2.20. The SMILES string of the molecule is C/C(=N/NC(=O)c1cn(C)c2ccccc12)c1ccccc1. The topological polar surface area (TPSA) is 46.4 Å². The van der Waals surface area contributed by atoms with Crippen molar-refractivity contribution in [3.05, 3.63) is 71.9 Å². The van der Waals surface area contributed by atoms with E-state index in [0.29, 0.717) is 5.56 Å². The van der Waals surface area contributed by atoms with Crippen LogP contribution < -0.4 is 5.43 Å². The summed E-state index contributed by atoms with van der Waals surface area (Å²) in [7, 11) is 1.93. The number of aromatic nitrogens is 1. The lowest BCUT2D eigenvalue weighted by Crippen LogP contribution is -2.19. The van der Waals surface area contributed by atoms with Gasteiger partial charge in [0.05, 0.1) is 11.3 Å². The minimum Gasteiger partial charge on any atom is -0.350 e. The Kier molecular flexibility index (Phi) is 3.74. The summed E-state index contributed by atoms with van der Waals surface area (Å²) in [6.07, 6.45) is 1.83. The van der Waals surface area contributed by atoms with E-state index in [0.717, 1.165) is 22.2 Å². The lowest BCUT2D eigenvalue weighted by atomic mass is 10.1. The van der Waals surface area contributed by atoms with E-state index in [1.807, 2.05) is 79.3 Å². The Balaban J connectivity index is 1.85. The standard InChI is InChI=1S/C18H17N3O/c1-13(14-8-4-3-5-9-14)19-20-18(22)16-12-21(2)17-11-7-6-10-15(16)17/h3-12H,1-2H3,(H,20,22)/b19-13-. The average molecular weight is 291 g/mol. The monoisotopic (exact) mass is 291 g/mol. The maximum atomic E-state index is 12.4. The smallest absolute Gasteiger partial charge is 0.273 e. The van der Waals surface area contributed by atoms with Gasteiger partial charge in [0.15, 0.2) is 0 Å². The number of nitrogens with zero attached hydrogens (tertiary/aromatic N) is 2. The van der Waals surface area contributed by atoms with Gasteiger partial charge in [0.25, 0.3) is 5.91 Å². The molecule has 0 saturated heterocycles. The Hall–Kier alpha value is -2.88. The van der Waals surface area contributed by atoms with Crippen LogP contribution in [-0.4, -0.2) is 16.2 Å². The second-order valence-corrected chi connectivity index (χ2v) is 5.17. The summed E-state index contributed by atoms with van der Waals surface area (Å²) in [6, 6.07) is 17.6. The summed E-state index contributed by atoms with van der Waals surface area (Å²) >= 11 is 0. The molecule has 1 N–H and O–H groups in total. The molecule has 0 aliphatic heterocycles. The van der Waals surface area contributed by atoms with E-state index >= 15 is 0 Å². The van der Waals surface area contributed by atoms with E-state index in [-0.39, 0.29) is 5.91 Å². The van der Waals surface area contributed by atoms with Gasteiger partial charge in [-0.15, -0.1) is 0 Å². The number of hydrogen-bond acceptors (Lipinski definition) is 2. The number of carbonyl (C=O) groups excluding carboxylic acids is 1. The van der Waals surface area contributed by atoms with E-state index in [1.54, 1.807) is 0 Å². The molecule has 0 aliphatic rings. The quantitative estimate of drug-likeness (QED) is 0.584. The van der Waals surface area contributed by atoms with Gasteiger partial charge in [-0.25, -0.2) is 5.43 Å². The maximum absolute atomic E-state index is 12.4. The number of hydrazone groups is 1. The van der Waals surface area contributed by atoms with Gasteiger partial charge in [0.1, 0.15) is 0 Å². The Morgan fingerprint density at radius 1 is 1.05 bits per heavy atom. The van der Waals surface area contributed by atoms with Gasteiger partial charge in [-0.3, -0.25) is 4.79 Å². The van der Waals surface area contributed by atoms with E-state index in [2.05, 4.69) is 10.5 Å². The number of fused-ring (bicyclic) bond motifs is 1. The summed E-state index contributed by atoms with van der Waals surface area (Å²) < 4.78 is 1.94. The lowest BCUT2D eigenvalue weighted by molar-refractivity contribution is 0.0956. The van der Waals surface area contributed by atoms with Gasteiger partial charge in [0, 0.05) is 24.1 Å². The van der Waals surface area contributed by atoms with Crippen LogP contribution in [0.1, 0.15) is 22.8 Å². The van der Waals surface area contributed by atoms with E-state index in [9.17, 15) is 4.79 Å². The summed E-state index contributed by atoms with van der Waals surface area (Å²) in [6.45, 7) is 1.87. The number of rotatable bonds is 3. The van der Waals surface area contributed by atoms with Crippen LogP contribution >= 0.6 is 0 Å². The molecule has 4 heteroatoms. The molecule has 0 spiro atoms. The molecule has 0 unspecified atom stereocenters. The number of para-hydroxylation sites is 1. The fourth-order valence-corrected chi connectivity index (χ4v) is 2.46. The van der Waals surface area contributed by atoms with Gasteiger partial charge >= 0.3 is 0 Å². The number of aryl methyl sites for hydroxylation is 1. The van der Waals surface area contributed by atoms with Gasteiger partial charge in [-0.2, -0.15) is 5.10 Å². The maximum Gasteiger partial charge on any atom is 0.273 e. The van der Waals surface area contributed by atoms with Crippen molar-refractivity contribution in [1.29, 1.82) is 0 Å². The highest BCUT2D eigenvalue weighted by molar-refractivity contribution is 6.07. The zero-order valence-corrected chi connectivity index (χ0v) is 12.6. The predicted octanol–water partition coefficient (Wildman–Crippen LogP) is 3.33. The molecule has 0 saturated carbocycles. The fraction of sp³-hybridized carbons (Fsp3) is 0.111. The first-order chi connectivity index (χ1) is 10.7. The first kappa shape index (κ1) is 14.1.